The second-order valence-electron chi connectivity index (χ2n) is 7.81. The molecule has 2 N–H and O–H groups in total. The summed E-state index contributed by atoms with van der Waals surface area (Å²) < 4.78 is 23.5. The zero-order chi connectivity index (χ0) is 24.3. The first kappa shape index (κ1) is 24.1. The third-order valence-electron chi connectivity index (χ3n) is 5.22. The molecular weight excluding hydrogens is 438 g/mol. The fourth-order valence-corrected chi connectivity index (χ4v) is 4.04. The predicted molar refractivity (Wildman–Crippen MR) is 132 cm³/mol. The van der Waals surface area contributed by atoms with E-state index in [0.717, 1.165) is 17.5 Å². The van der Waals surface area contributed by atoms with E-state index in [2.05, 4.69) is 25.6 Å². The number of aromatic nitrogens is 2. The van der Waals surface area contributed by atoms with E-state index in [9.17, 15) is 13.2 Å². The molecule has 0 fully saturated rings. The molecule has 2 heterocycles. The van der Waals surface area contributed by atoms with Crippen LogP contribution in [-0.4, -0.2) is 43.3 Å². The summed E-state index contributed by atoms with van der Waals surface area (Å²) in [4.78, 5) is 26.7. The van der Waals surface area contributed by atoms with Crippen LogP contribution < -0.4 is 10.6 Å². The first-order chi connectivity index (χ1) is 15.5. The number of pyridine rings is 2. The fraction of sp³-hybridized carbons (Fsp3) is 0.250. The van der Waals surface area contributed by atoms with Crippen molar-refractivity contribution in [3.05, 3.63) is 70.7 Å². The molecule has 9 heteroatoms. The molecule has 2 aromatic heterocycles. The van der Waals surface area contributed by atoms with Crippen molar-refractivity contribution in [3.63, 3.8) is 0 Å². The van der Waals surface area contributed by atoms with Crippen molar-refractivity contribution in [2.75, 3.05) is 23.9 Å². The summed E-state index contributed by atoms with van der Waals surface area (Å²) in [5.74, 6) is 0.156. The lowest BCUT2D eigenvalue weighted by Gasteiger charge is -2.17. The summed E-state index contributed by atoms with van der Waals surface area (Å²) in [5, 5.41) is 6.19. The van der Waals surface area contributed by atoms with Gasteiger partial charge in [-0.1, -0.05) is 0 Å². The maximum Gasteiger partial charge on any atom is 0.256 e. The van der Waals surface area contributed by atoms with Crippen molar-refractivity contribution < 1.29 is 13.2 Å². The molecule has 0 spiro atoms. The number of amides is 1. The van der Waals surface area contributed by atoms with E-state index in [1.807, 2.05) is 26.8 Å². The van der Waals surface area contributed by atoms with Crippen LogP contribution in [0.2, 0.25) is 0 Å². The van der Waals surface area contributed by atoms with Crippen LogP contribution in [0.25, 0.3) is 0 Å². The van der Waals surface area contributed by atoms with Crippen molar-refractivity contribution in [2.24, 2.45) is 4.99 Å². The first-order valence-corrected chi connectivity index (χ1v) is 12.2. The summed E-state index contributed by atoms with van der Waals surface area (Å²) in [7, 11) is -1.65. The summed E-state index contributed by atoms with van der Waals surface area (Å²) in [5.41, 5.74) is 5.19. The number of hydrogen-bond acceptors (Lipinski definition) is 7. The number of rotatable bonds is 6. The molecule has 3 aromatic rings. The molecule has 0 aliphatic heterocycles. The molecule has 8 nitrogen and oxygen atoms in total. The van der Waals surface area contributed by atoms with E-state index in [0.29, 0.717) is 39.7 Å². The molecule has 0 radical (unpaired) electrons. The van der Waals surface area contributed by atoms with Gasteiger partial charge in [-0.2, -0.15) is 0 Å². The normalized spacial score (nSPS) is 11.9. The van der Waals surface area contributed by atoms with Crippen molar-refractivity contribution in [2.45, 2.75) is 32.6 Å². The molecule has 0 atom stereocenters. The number of nitrogens with one attached hydrogen (secondary N) is 2. The number of anilines is 3. The zero-order valence-electron chi connectivity index (χ0n) is 19.5. The van der Waals surface area contributed by atoms with Gasteiger partial charge in [0.2, 0.25) is 0 Å². The summed E-state index contributed by atoms with van der Waals surface area (Å²) >= 11 is 0. The fourth-order valence-electron chi connectivity index (χ4n) is 3.41. The molecule has 0 aliphatic carbocycles. The van der Waals surface area contributed by atoms with Gasteiger partial charge < -0.3 is 10.6 Å². The highest BCUT2D eigenvalue weighted by Crippen LogP contribution is 2.27. The number of sulfone groups is 1. The monoisotopic (exact) mass is 465 g/mol. The molecule has 0 unspecified atom stereocenters. The van der Waals surface area contributed by atoms with E-state index in [4.69, 9.17) is 0 Å². The van der Waals surface area contributed by atoms with Gasteiger partial charge in [0.05, 0.1) is 27.4 Å². The Morgan fingerprint density at radius 1 is 1.06 bits per heavy atom. The Balaban J connectivity index is 2.06. The van der Waals surface area contributed by atoms with Crippen LogP contribution in [0.4, 0.5) is 17.2 Å². The average molecular weight is 466 g/mol. The SMILES string of the molecule is C/N=C(/C)c1c(C(=O)Nc2c(C)ccnc2C)cc(C)nc1Nc1ccc(S(C)(=O)=O)cc1. The number of carbonyl (C=O) groups is 1. The number of nitrogens with zero attached hydrogens (tertiary/aromatic N) is 3. The number of benzene rings is 1. The van der Waals surface area contributed by atoms with Crippen LogP contribution in [0, 0.1) is 20.8 Å². The van der Waals surface area contributed by atoms with E-state index in [1.54, 1.807) is 38.4 Å². The second kappa shape index (κ2) is 9.50. The molecule has 3 rings (SSSR count). The van der Waals surface area contributed by atoms with Crippen molar-refractivity contribution in [1.82, 2.24) is 9.97 Å². The van der Waals surface area contributed by atoms with Gasteiger partial charge in [-0.05, 0) is 69.7 Å². The molecule has 1 aromatic carbocycles. The predicted octanol–water partition coefficient (Wildman–Crippen LogP) is 4.24. The Labute approximate surface area is 194 Å². The maximum absolute atomic E-state index is 13.4. The lowest BCUT2D eigenvalue weighted by atomic mass is 10.0. The van der Waals surface area contributed by atoms with Gasteiger partial charge in [0, 0.05) is 36.6 Å². The second-order valence-corrected chi connectivity index (χ2v) is 9.82. The number of hydrogen-bond donors (Lipinski definition) is 2. The molecular formula is C24H27N5O3S. The standard InChI is InChI=1S/C24H27N5O3S/c1-14-11-12-26-17(4)22(14)29-24(30)20-13-15(2)27-23(21(20)16(3)25-5)28-18-7-9-19(10-8-18)33(6,31)32/h7-13H,1-6H3,(H,27,28)(H,29,30)/b25-16-. The van der Waals surface area contributed by atoms with Gasteiger partial charge in [-0.3, -0.25) is 14.8 Å². The van der Waals surface area contributed by atoms with Gasteiger partial charge >= 0.3 is 0 Å². The minimum absolute atomic E-state index is 0.221. The van der Waals surface area contributed by atoms with E-state index >= 15 is 0 Å². The molecule has 33 heavy (non-hydrogen) atoms. The average Bonchev–Trinajstić information content (AvgIpc) is 2.75. The molecule has 172 valence electrons. The largest absolute Gasteiger partial charge is 0.340 e. The van der Waals surface area contributed by atoms with Crippen LogP contribution in [0.5, 0.6) is 0 Å². The molecule has 0 aliphatic rings. The van der Waals surface area contributed by atoms with Gasteiger partial charge in [0.15, 0.2) is 9.84 Å². The van der Waals surface area contributed by atoms with Crippen molar-refractivity contribution in [3.8, 4) is 0 Å². The third kappa shape index (κ3) is 5.43. The first-order valence-electron chi connectivity index (χ1n) is 10.3. The van der Waals surface area contributed by atoms with Crippen LogP contribution in [0.3, 0.4) is 0 Å². The zero-order valence-corrected chi connectivity index (χ0v) is 20.3. The van der Waals surface area contributed by atoms with Crippen LogP contribution in [-0.2, 0) is 9.84 Å². The van der Waals surface area contributed by atoms with Crippen LogP contribution in [0.1, 0.15) is 39.8 Å². The van der Waals surface area contributed by atoms with Crippen LogP contribution in [0.15, 0.2) is 52.5 Å². The van der Waals surface area contributed by atoms with Gasteiger partial charge in [-0.25, -0.2) is 13.4 Å². The number of aliphatic imine (C=N–C) groups is 1. The van der Waals surface area contributed by atoms with Crippen LogP contribution >= 0.6 is 0 Å². The van der Waals surface area contributed by atoms with Gasteiger partial charge in [0.1, 0.15) is 5.82 Å². The Bertz CT molecular complexity index is 1330. The smallest absolute Gasteiger partial charge is 0.256 e. The Kier molecular flexibility index (Phi) is 6.92. The highest BCUT2D eigenvalue weighted by atomic mass is 32.2. The molecule has 0 bridgehead atoms. The molecule has 0 saturated carbocycles. The van der Waals surface area contributed by atoms with Crippen molar-refractivity contribution in [1.29, 1.82) is 0 Å². The highest BCUT2D eigenvalue weighted by molar-refractivity contribution is 7.90. The lowest BCUT2D eigenvalue weighted by molar-refractivity contribution is 0.102. The Morgan fingerprint density at radius 2 is 1.73 bits per heavy atom. The van der Waals surface area contributed by atoms with Gasteiger partial charge in [-0.15, -0.1) is 0 Å². The molecule has 1 amide bonds. The van der Waals surface area contributed by atoms with E-state index in [1.165, 1.54) is 12.1 Å². The van der Waals surface area contributed by atoms with Gasteiger partial charge in [0.25, 0.3) is 5.91 Å². The Hall–Kier alpha value is -3.59. The number of aryl methyl sites for hydroxylation is 3. The topological polar surface area (TPSA) is 113 Å². The van der Waals surface area contributed by atoms with E-state index in [-0.39, 0.29) is 10.8 Å². The maximum atomic E-state index is 13.4. The summed E-state index contributed by atoms with van der Waals surface area (Å²) in [6.07, 6.45) is 2.86. The number of carbonyl (C=O) groups excluding carboxylic acids is 1. The summed E-state index contributed by atoms with van der Waals surface area (Å²) in [6, 6.07) is 9.92. The minimum atomic E-state index is -3.30. The third-order valence-corrected chi connectivity index (χ3v) is 6.35. The van der Waals surface area contributed by atoms with E-state index < -0.39 is 9.84 Å². The molecule has 0 saturated heterocycles. The Morgan fingerprint density at radius 3 is 2.30 bits per heavy atom. The quantitative estimate of drug-likeness (QED) is 0.527. The summed E-state index contributed by atoms with van der Waals surface area (Å²) in [6.45, 7) is 7.36. The minimum Gasteiger partial charge on any atom is -0.340 e. The lowest BCUT2D eigenvalue weighted by Crippen LogP contribution is -2.20. The van der Waals surface area contributed by atoms with Crippen molar-refractivity contribution >= 4 is 38.6 Å². The highest BCUT2D eigenvalue weighted by Gasteiger charge is 2.21.